The molecule has 4 aromatic carbocycles. The van der Waals surface area contributed by atoms with Gasteiger partial charge >= 0.3 is 0 Å². The summed E-state index contributed by atoms with van der Waals surface area (Å²) in [5.41, 5.74) is 4.41. The molecule has 14 heterocycles. The van der Waals surface area contributed by atoms with Crippen molar-refractivity contribution in [2.45, 2.75) is 99.9 Å². The van der Waals surface area contributed by atoms with Gasteiger partial charge in [0.1, 0.15) is 108 Å². The van der Waals surface area contributed by atoms with Gasteiger partial charge in [0.05, 0.1) is 49.2 Å². The molecule has 8 N–H and O–H groups in total. The molecule has 2 saturated heterocycles. The van der Waals surface area contributed by atoms with Crippen LogP contribution in [0.1, 0.15) is 136 Å². The first-order valence-electron chi connectivity index (χ1n) is 45.6. The second-order valence-electron chi connectivity index (χ2n) is 35.6. The molecule has 0 bridgehead atoms. The largest absolute Gasteiger partial charge is 0.489 e. The maximum absolute atomic E-state index is 13.9. The number of hydrogen-bond acceptors (Lipinski definition) is 26. The van der Waals surface area contributed by atoms with E-state index in [2.05, 4.69) is 109 Å². The molecule has 6 aliphatic heterocycles. The van der Waals surface area contributed by atoms with Gasteiger partial charge in [0.2, 0.25) is 23.8 Å². The van der Waals surface area contributed by atoms with Crippen LogP contribution in [0.2, 0.25) is 0 Å². The lowest BCUT2D eigenvalue weighted by Gasteiger charge is -2.30. The number of rotatable bonds is 16. The standard InChI is InChI=1S/2C27H23FN4O5.2C27H25FN4O4/c2*1-32-22-13-17(6-8-27(35)15-36-16-27)4-5-23(22)37-14-21(26(32)34)31-25(33)20-12-18(7-10-29-20)11-19-3-2-9-30-24(19)28;2*1-27(2,35)10-8-17-6-7-23-22(15-17)32(3)26(34)21(16-36-23)31-25(33)20-14-18(9-12-29-20)13-19-5-4-11-30-24(19)28/h2*2-5,7,9-10,12-13,21,35H,11,14-16H2,1H3,(H,31,33);2*4-7,9,11-12,14-15,21,35H,13,16H2,1-3H3,(H,31,33)/t21-;;21-;/m1.1./s1. The van der Waals surface area contributed by atoms with E-state index in [1.54, 1.807) is 226 Å². The Morgan fingerprint density at radius 3 is 0.795 bits per heavy atom. The topological polar surface area (TPSA) is 437 Å². The molecule has 8 amide bonds. The zero-order valence-electron chi connectivity index (χ0n) is 80.0. The number of amides is 8. The minimum Gasteiger partial charge on any atom is -0.489 e. The lowest BCUT2D eigenvalue weighted by molar-refractivity contribution is -0.140. The van der Waals surface area contributed by atoms with Crippen LogP contribution in [0.25, 0.3) is 0 Å². The van der Waals surface area contributed by atoms with E-state index in [4.69, 9.17) is 28.4 Å². The maximum atomic E-state index is 13.9. The Bertz CT molecular complexity index is 6890. The molecule has 12 aromatic rings. The lowest BCUT2D eigenvalue weighted by atomic mass is 10.0. The molecule has 744 valence electrons. The molecule has 0 saturated carbocycles. The number of aliphatic hydroxyl groups is 4. The Kier molecular flexibility index (Phi) is 32.0. The molecule has 4 atom stereocenters. The molecule has 6 aliphatic rings. The highest BCUT2D eigenvalue weighted by atomic mass is 19.1. The van der Waals surface area contributed by atoms with Gasteiger partial charge in [-0.05, 0) is 196 Å². The van der Waals surface area contributed by atoms with Gasteiger partial charge in [-0.2, -0.15) is 17.6 Å². The Balaban J connectivity index is 0.000000146. The van der Waals surface area contributed by atoms with Crippen LogP contribution in [0.5, 0.6) is 23.0 Å². The number of ether oxygens (including phenoxy) is 6. The number of nitrogens with zero attached hydrogens (tertiary/aromatic N) is 12. The van der Waals surface area contributed by atoms with Gasteiger partial charge in [-0.3, -0.25) is 58.3 Å². The van der Waals surface area contributed by atoms with Gasteiger partial charge in [0.25, 0.3) is 47.3 Å². The number of hydrogen-bond donors (Lipinski definition) is 8. The molecule has 34 nitrogen and oxygen atoms in total. The summed E-state index contributed by atoms with van der Waals surface area (Å²) in [6, 6.07) is 42.6. The number of benzene rings is 4. The molecule has 8 aromatic heterocycles. The second-order valence-corrected chi connectivity index (χ2v) is 35.6. The normalized spacial score (nSPS) is 16.5. The molecule has 0 radical (unpaired) electrons. The predicted molar refractivity (Wildman–Crippen MR) is 523 cm³/mol. The lowest BCUT2D eigenvalue weighted by Crippen LogP contribution is -2.49. The van der Waals surface area contributed by atoms with Crippen LogP contribution in [0, 0.1) is 71.2 Å². The first-order valence-corrected chi connectivity index (χ1v) is 45.6. The Hall–Kier alpha value is -17.2. The third-order valence-corrected chi connectivity index (χ3v) is 23.1. The predicted octanol–water partition coefficient (Wildman–Crippen LogP) is 7.91. The number of carbonyl (C=O) groups is 8. The van der Waals surface area contributed by atoms with Crippen molar-refractivity contribution in [3.63, 3.8) is 0 Å². The molecule has 2 fully saturated rings. The van der Waals surface area contributed by atoms with Crippen molar-refractivity contribution in [1.29, 1.82) is 0 Å². The number of carbonyl (C=O) groups excluding carboxylic acids is 8. The summed E-state index contributed by atoms with van der Waals surface area (Å²) in [7, 11) is 6.34. The zero-order chi connectivity index (χ0) is 104. The quantitative estimate of drug-likeness (QED) is 0.0259. The molecule has 2 unspecified atom stereocenters. The molecule has 146 heavy (non-hydrogen) atoms. The van der Waals surface area contributed by atoms with E-state index in [1.807, 2.05) is 0 Å². The molecule has 38 heteroatoms. The van der Waals surface area contributed by atoms with E-state index in [0.717, 1.165) is 0 Å². The highest BCUT2D eigenvalue weighted by Crippen LogP contribution is 2.37. The first kappa shape index (κ1) is 103. The van der Waals surface area contributed by atoms with Gasteiger partial charge in [0, 0.05) is 148 Å². The van der Waals surface area contributed by atoms with E-state index in [9.17, 15) is 76.3 Å². The van der Waals surface area contributed by atoms with Crippen LogP contribution >= 0.6 is 0 Å². The van der Waals surface area contributed by atoms with Crippen molar-refractivity contribution < 1.29 is 105 Å². The summed E-state index contributed by atoms with van der Waals surface area (Å²) < 4.78 is 88.9. The second kappa shape index (κ2) is 45.4. The Morgan fingerprint density at radius 1 is 0.349 bits per heavy atom. The van der Waals surface area contributed by atoms with Gasteiger partial charge in [0.15, 0.2) is 11.2 Å². The third-order valence-electron chi connectivity index (χ3n) is 23.1. The number of nitrogens with one attached hydrogen (secondary N) is 4. The summed E-state index contributed by atoms with van der Waals surface area (Å²) in [5, 5.41) is 50.7. The van der Waals surface area contributed by atoms with Gasteiger partial charge in [-0.1, -0.05) is 71.6 Å². The fourth-order valence-corrected chi connectivity index (χ4v) is 15.1. The van der Waals surface area contributed by atoms with Crippen molar-refractivity contribution in [3.05, 3.63) is 333 Å². The van der Waals surface area contributed by atoms with Crippen molar-refractivity contribution in [1.82, 2.24) is 61.1 Å². The average Bonchev–Trinajstić information content (AvgIpc) is 1.78. The average molecular weight is 1980 g/mol. The smallest absolute Gasteiger partial charge is 0.270 e. The third kappa shape index (κ3) is 26.6. The summed E-state index contributed by atoms with van der Waals surface area (Å²) in [5.74, 6) is 18.5. The van der Waals surface area contributed by atoms with E-state index >= 15 is 0 Å². The highest BCUT2D eigenvalue weighted by Gasteiger charge is 2.39. The minimum atomic E-state index is -1.15. The Morgan fingerprint density at radius 2 is 0.582 bits per heavy atom. The number of aromatic nitrogens is 8. The number of fused-ring (bicyclic) bond motifs is 4. The van der Waals surface area contributed by atoms with Crippen molar-refractivity contribution >= 4 is 70.0 Å². The zero-order valence-corrected chi connectivity index (χ0v) is 80.0. The highest BCUT2D eigenvalue weighted by molar-refractivity contribution is 6.06. The molecule has 18 rings (SSSR count). The van der Waals surface area contributed by atoms with Crippen LogP contribution in [0.15, 0.2) is 219 Å². The van der Waals surface area contributed by atoms with E-state index in [0.29, 0.717) is 113 Å². The summed E-state index contributed by atoms with van der Waals surface area (Å²) in [4.78, 5) is 141. The van der Waals surface area contributed by atoms with E-state index < -0.39 is 94.0 Å². The van der Waals surface area contributed by atoms with Crippen molar-refractivity contribution in [3.8, 4) is 70.4 Å². The van der Waals surface area contributed by atoms with Crippen LogP contribution in [0.4, 0.5) is 40.3 Å². The van der Waals surface area contributed by atoms with Crippen LogP contribution < -0.4 is 59.8 Å². The summed E-state index contributed by atoms with van der Waals surface area (Å²) in [6.07, 6.45) is 12.3. The van der Waals surface area contributed by atoms with Crippen LogP contribution in [-0.2, 0) is 54.3 Å². The van der Waals surface area contributed by atoms with E-state index in [1.165, 1.54) is 69.2 Å². The first-order chi connectivity index (χ1) is 69.8. The molecular weight excluding hydrogens is 1890 g/mol. The van der Waals surface area contributed by atoms with Gasteiger partial charge in [-0.15, -0.1) is 0 Å². The SMILES string of the molecule is CN1C(=O)C(NC(=O)c2cc(Cc3cccnc3F)ccn2)COc2ccc(C#CC(C)(C)O)cc21.CN1C(=O)C(NC(=O)c2cc(Cc3cccnc3F)ccn2)COc2ccc(C#CC3(O)COC3)cc21.CN1C(=O)[C@H](NC(=O)c2cc(Cc3cccnc3F)ccn2)COc2ccc(C#CC(C)(C)O)cc21.CN1C(=O)[C@H](NC(=O)c2cc(Cc3cccnc3F)ccn2)COc2ccc(C#CC3(O)COC3)cc21. The van der Waals surface area contributed by atoms with Crippen LogP contribution in [-0.4, -0.2) is 235 Å². The molecule has 0 aliphatic carbocycles. The number of halogens is 4. The fraction of sp³-hybridized carbons (Fsp3) is 0.259. The molecule has 0 spiro atoms. The summed E-state index contributed by atoms with van der Waals surface area (Å²) >= 11 is 0. The fourth-order valence-electron chi connectivity index (χ4n) is 15.1. The van der Waals surface area contributed by atoms with Gasteiger partial charge in [-0.25, -0.2) is 19.9 Å². The monoisotopic (exact) mass is 1980 g/mol. The van der Waals surface area contributed by atoms with Crippen molar-refractivity contribution in [2.75, 3.05) is 101 Å². The van der Waals surface area contributed by atoms with Gasteiger partial charge < -0.3 is 89.7 Å². The maximum Gasteiger partial charge on any atom is 0.270 e. The number of pyridine rings is 8. The molecular formula is C108H96F4N16O18. The Labute approximate surface area is 835 Å². The number of likely N-dealkylation sites (N-methyl/N-ethyl adjacent to an activating group) is 4. The van der Waals surface area contributed by atoms with Crippen LogP contribution in [0.3, 0.4) is 0 Å². The van der Waals surface area contributed by atoms with E-state index in [-0.39, 0.29) is 125 Å². The number of anilines is 4. The van der Waals surface area contributed by atoms with Crippen molar-refractivity contribution in [2.24, 2.45) is 0 Å². The minimum absolute atomic E-state index is 0.0722. The summed E-state index contributed by atoms with van der Waals surface area (Å²) in [6.45, 7) is 6.65.